The molecule has 7 nitrogen and oxygen atoms in total. The first-order chi connectivity index (χ1) is 16.4. The molecular formula is C27H29N3O4. The number of rotatable bonds is 10. The van der Waals surface area contributed by atoms with E-state index in [9.17, 15) is 9.59 Å². The highest BCUT2D eigenvalue weighted by Gasteiger charge is 2.09. The maximum Gasteiger partial charge on any atom is 0.240 e. The number of methoxy groups -OCH3 is 1. The van der Waals surface area contributed by atoms with Gasteiger partial charge in [-0.05, 0) is 78.6 Å². The van der Waals surface area contributed by atoms with Crippen molar-refractivity contribution in [3.05, 3.63) is 89.0 Å². The zero-order valence-corrected chi connectivity index (χ0v) is 19.6. The van der Waals surface area contributed by atoms with Crippen LogP contribution in [0.4, 0.5) is 5.69 Å². The fourth-order valence-electron chi connectivity index (χ4n) is 3.10. The first-order valence-electron chi connectivity index (χ1n) is 11.0. The molecule has 0 spiro atoms. The molecule has 2 amide bonds. The van der Waals surface area contributed by atoms with Crippen LogP contribution in [0.3, 0.4) is 0 Å². The van der Waals surface area contributed by atoms with Crippen LogP contribution in [0.25, 0.3) is 0 Å². The summed E-state index contributed by atoms with van der Waals surface area (Å²) in [5.41, 5.74) is 7.18. The summed E-state index contributed by atoms with van der Waals surface area (Å²) < 4.78 is 10.9. The average molecular weight is 460 g/mol. The summed E-state index contributed by atoms with van der Waals surface area (Å²) in [5, 5.41) is 6.80. The van der Waals surface area contributed by atoms with Crippen LogP contribution in [0.5, 0.6) is 11.5 Å². The fourth-order valence-corrected chi connectivity index (χ4v) is 3.10. The number of amides is 2. The second-order valence-electron chi connectivity index (χ2n) is 7.79. The second kappa shape index (κ2) is 12.2. The maximum atomic E-state index is 12.1. The molecule has 0 heterocycles. The molecule has 34 heavy (non-hydrogen) atoms. The maximum absolute atomic E-state index is 12.1. The van der Waals surface area contributed by atoms with Gasteiger partial charge in [-0.3, -0.25) is 9.59 Å². The smallest absolute Gasteiger partial charge is 0.240 e. The van der Waals surface area contributed by atoms with Crippen LogP contribution in [0.2, 0.25) is 0 Å². The van der Waals surface area contributed by atoms with Crippen LogP contribution in [0.15, 0.2) is 71.8 Å². The van der Waals surface area contributed by atoms with Crippen LogP contribution < -0.4 is 20.2 Å². The number of anilines is 1. The number of ether oxygens (including phenoxy) is 2. The molecule has 3 aromatic carbocycles. The van der Waals surface area contributed by atoms with E-state index in [1.807, 2.05) is 80.6 Å². The van der Waals surface area contributed by atoms with Gasteiger partial charge in [-0.15, -0.1) is 0 Å². The van der Waals surface area contributed by atoms with Gasteiger partial charge in [-0.2, -0.15) is 5.10 Å². The number of hydrogen-bond donors (Lipinski definition) is 2. The molecule has 3 rings (SSSR count). The zero-order chi connectivity index (χ0) is 24.3. The molecular weight excluding hydrogens is 430 g/mol. The molecule has 0 aliphatic heterocycles. The number of benzene rings is 3. The summed E-state index contributed by atoms with van der Waals surface area (Å²) in [6.45, 7) is 4.38. The lowest BCUT2D eigenvalue weighted by Crippen LogP contribution is -2.21. The molecule has 2 N–H and O–H groups in total. The van der Waals surface area contributed by atoms with Crippen molar-refractivity contribution in [2.75, 3.05) is 12.4 Å². The molecule has 0 atom stereocenters. The fraction of sp³-hybridized carbons (Fsp3) is 0.222. The largest absolute Gasteiger partial charge is 0.497 e. The van der Waals surface area contributed by atoms with Crippen molar-refractivity contribution in [1.29, 1.82) is 0 Å². The Bertz CT molecular complexity index is 1140. The lowest BCUT2D eigenvalue weighted by atomic mass is 10.1. The third-order valence-electron chi connectivity index (χ3n) is 5.31. The summed E-state index contributed by atoms with van der Waals surface area (Å²) in [7, 11) is 1.63. The highest BCUT2D eigenvalue weighted by Crippen LogP contribution is 2.18. The number of carbonyl (C=O) groups excluding carboxylic acids is 2. The number of hydrogen-bond acceptors (Lipinski definition) is 5. The Morgan fingerprint density at radius 3 is 2.26 bits per heavy atom. The minimum atomic E-state index is -0.327. The molecule has 0 radical (unpaired) electrons. The summed E-state index contributed by atoms with van der Waals surface area (Å²) in [4.78, 5) is 24.1. The van der Waals surface area contributed by atoms with Crippen molar-refractivity contribution in [3.63, 3.8) is 0 Å². The van der Waals surface area contributed by atoms with E-state index in [0.29, 0.717) is 6.61 Å². The Hall–Kier alpha value is -4.13. The molecule has 3 aromatic rings. The van der Waals surface area contributed by atoms with Crippen molar-refractivity contribution in [1.82, 2.24) is 5.43 Å². The van der Waals surface area contributed by atoms with Crippen molar-refractivity contribution in [2.45, 2.75) is 33.3 Å². The van der Waals surface area contributed by atoms with Gasteiger partial charge in [0, 0.05) is 18.5 Å². The quantitative estimate of drug-likeness (QED) is 0.338. The first-order valence-corrected chi connectivity index (χ1v) is 11.0. The normalized spacial score (nSPS) is 10.7. The Balaban J connectivity index is 1.39. The van der Waals surface area contributed by atoms with Gasteiger partial charge in [0.25, 0.3) is 0 Å². The van der Waals surface area contributed by atoms with Gasteiger partial charge < -0.3 is 14.8 Å². The van der Waals surface area contributed by atoms with Crippen molar-refractivity contribution >= 4 is 23.7 Å². The van der Waals surface area contributed by atoms with Gasteiger partial charge in [0.2, 0.25) is 11.8 Å². The highest BCUT2D eigenvalue weighted by atomic mass is 16.5. The molecule has 0 aromatic heterocycles. The van der Waals surface area contributed by atoms with E-state index in [1.165, 1.54) is 0 Å². The molecule has 0 bridgehead atoms. The van der Waals surface area contributed by atoms with Crippen molar-refractivity contribution < 1.29 is 19.1 Å². The Kier molecular flexibility index (Phi) is 8.80. The molecule has 0 unspecified atom stereocenters. The van der Waals surface area contributed by atoms with Gasteiger partial charge in [0.1, 0.15) is 18.1 Å². The standard InChI is InChI=1S/C27H29N3O4/c1-19-5-4-6-25(20(19)2)29-26(31)15-16-27(32)30-28-17-21-7-13-24(14-8-21)34-18-22-9-11-23(33-3)12-10-22/h4-14,17H,15-16,18H2,1-3H3,(H,29,31)(H,30,32). The summed E-state index contributed by atoms with van der Waals surface area (Å²) >= 11 is 0. The third kappa shape index (κ3) is 7.48. The molecule has 176 valence electrons. The minimum absolute atomic E-state index is 0.0478. The first kappa shape index (κ1) is 24.5. The van der Waals surface area contributed by atoms with E-state index >= 15 is 0 Å². The Morgan fingerprint density at radius 2 is 1.56 bits per heavy atom. The average Bonchev–Trinajstić information content (AvgIpc) is 2.85. The van der Waals surface area contributed by atoms with Crippen LogP contribution in [-0.4, -0.2) is 25.1 Å². The third-order valence-corrected chi connectivity index (χ3v) is 5.31. The lowest BCUT2D eigenvalue weighted by Gasteiger charge is -2.10. The monoisotopic (exact) mass is 459 g/mol. The molecule has 0 fully saturated rings. The van der Waals surface area contributed by atoms with E-state index in [4.69, 9.17) is 9.47 Å². The number of aryl methyl sites for hydroxylation is 1. The van der Waals surface area contributed by atoms with Crippen LogP contribution in [0.1, 0.15) is 35.1 Å². The second-order valence-corrected chi connectivity index (χ2v) is 7.79. The SMILES string of the molecule is COc1ccc(COc2ccc(C=NNC(=O)CCC(=O)Nc3cccc(C)c3C)cc2)cc1. The minimum Gasteiger partial charge on any atom is -0.497 e. The predicted octanol–water partition coefficient (Wildman–Crippen LogP) is 4.76. The molecule has 0 saturated carbocycles. The highest BCUT2D eigenvalue weighted by molar-refractivity contribution is 5.94. The van der Waals surface area contributed by atoms with Crippen LogP contribution >= 0.6 is 0 Å². The summed E-state index contributed by atoms with van der Waals surface area (Å²) in [6, 6.07) is 20.8. The van der Waals surface area contributed by atoms with Gasteiger partial charge in [-0.1, -0.05) is 24.3 Å². The number of hydrazone groups is 1. The van der Waals surface area contributed by atoms with Crippen LogP contribution in [-0.2, 0) is 16.2 Å². The van der Waals surface area contributed by atoms with E-state index in [1.54, 1.807) is 13.3 Å². The molecule has 0 saturated heterocycles. The molecule has 0 aliphatic rings. The van der Waals surface area contributed by atoms with E-state index in [2.05, 4.69) is 15.8 Å². The summed E-state index contributed by atoms with van der Waals surface area (Å²) in [5.74, 6) is 0.997. The van der Waals surface area contributed by atoms with Crippen molar-refractivity contribution in [3.8, 4) is 11.5 Å². The lowest BCUT2D eigenvalue weighted by molar-refractivity contribution is -0.124. The van der Waals surface area contributed by atoms with Gasteiger partial charge >= 0.3 is 0 Å². The van der Waals surface area contributed by atoms with E-state index in [0.717, 1.165) is 39.4 Å². The molecule has 0 aliphatic carbocycles. The van der Waals surface area contributed by atoms with Crippen LogP contribution in [0, 0.1) is 13.8 Å². The topological polar surface area (TPSA) is 89.0 Å². The van der Waals surface area contributed by atoms with Gasteiger partial charge in [-0.25, -0.2) is 5.43 Å². The van der Waals surface area contributed by atoms with E-state index in [-0.39, 0.29) is 24.7 Å². The van der Waals surface area contributed by atoms with Crippen molar-refractivity contribution in [2.24, 2.45) is 5.10 Å². The predicted molar refractivity (Wildman–Crippen MR) is 133 cm³/mol. The molecule has 7 heteroatoms. The summed E-state index contributed by atoms with van der Waals surface area (Å²) in [6.07, 6.45) is 1.67. The number of nitrogens with one attached hydrogen (secondary N) is 2. The van der Waals surface area contributed by atoms with Gasteiger partial charge in [0.15, 0.2) is 0 Å². The zero-order valence-electron chi connectivity index (χ0n) is 19.6. The van der Waals surface area contributed by atoms with E-state index < -0.39 is 0 Å². The van der Waals surface area contributed by atoms with Gasteiger partial charge in [0.05, 0.1) is 13.3 Å². The Labute approximate surface area is 199 Å². The number of carbonyl (C=O) groups is 2. The number of nitrogens with zero attached hydrogens (tertiary/aromatic N) is 1. The Morgan fingerprint density at radius 1 is 0.882 bits per heavy atom.